The number of aromatic carboxylic acids is 1. The van der Waals surface area contributed by atoms with E-state index in [4.69, 9.17) is 10.8 Å². The highest BCUT2D eigenvalue weighted by atomic mass is 79.9. The zero-order valence-corrected chi connectivity index (χ0v) is 12.2. The Kier molecular flexibility index (Phi) is 4.13. The zero-order chi connectivity index (χ0) is 15.6. The minimum atomic E-state index is -1.11. The van der Waals surface area contributed by atoms with Gasteiger partial charge < -0.3 is 21.3 Å². The summed E-state index contributed by atoms with van der Waals surface area (Å²) in [4.78, 5) is 22.9. The lowest BCUT2D eigenvalue weighted by Crippen LogP contribution is -2.13. The van der Waals surface area contributed by atoms with Gasteiger partial charge in [0.25, 0.3) is 5.91 Å². The number of nitrogen functional groups attached to an aromatic ring is 1. The van der Waals surface area contributed by atoms with E-state index in [9.17, 15) is 14.7 Å². The average molecular weight is 351 g/mol. The van der Waals surface area contributed by atoms with Gasteiger partial charge in [-0.2, -0.15) is 0 Å². The molecule has 0 saturated heterocycles. The van der Waals surface area contributed by atoms with Crippen LogP contribution in [0, 0.1) is 0 Å². The molecule has 0 spiro atoms. The van der Waals surface area contributed by atoms with Crippen molar-refractivity contribution in [3.8, 4) is 5.75 Å². The summed E-state index contributed by atoms with van der Waals surface area (Å²) in [6, 6.07) is 8.44. The number of phenols is 1. The maximum Gasteiger partial charge on any atom is 0.335 e. The first kappa shape index (κ1) is 14.9. The Balaban J connectivity index is 2.25. The predicted molar refractivity (Wildman–Crippen MR) is 81.6 cm³/mol. The van der Waals surface area contributed by atoms with Crippen molar-refractivity contribution in [1.82, 2.24) is 0 Å². The fourth-order valence-electron chi connectivity index (χ4n) is 1.70. The zero-order valence-electron chi connectivity index (χ0n) is 10.6. The summed E-state index contributed by atoms with van der Waals surface area (Å²) < 4.78 is 0.641. The van der Waals surface area contributed by atoms with Crippen LogP contribution < -0.4 is 11.1 Å². The number of amides is 1. The van der Waals surface area contributed by atoms with Crippen LogP contribution in [0.5, 0.6) is 5.75 Å². The molecule has 0 unspecified atom stereocenters. The number of phenolic OH excluding ortho intramolecular Hbond substituents is 1. The van der Waals surface area contributed by atoms with Gasteiger partial charge in [0.2, 0.25) is 0 Å². The number of carbonyl (C=O) groups is 2. The number of hydrogen-bond acceptors (Lipinski definition) is 4. The fraction of sp³-hybridized carbons (Fsp3) is 0. The van der Waals surface area contributed by atoms with Gasteiger partial charge in [-0.25, -0.2) is 4.79 Å². The van der Waals surface area contributed by atoms with Gasteiger partial charge >= 0.3 is 5.97 Å². The lowest BCUT2D eigenvalue weighted by molar-refractivity contribution is 0.0696. The summed E-state index contributed by atoms with van der Waals surface area (Å²) in [6.07, 6.45) is 0. The Bertz CT molecular complexity index is 731. The van der Waals surface area contributed by atoms with Crippen molar-refractivity contribution in [3.63, 3.8) is 0 Å². The molecule has 7 heteroatoms. The van der Waals surface area contributed by atoms with Crippen molar-refractivity contribution in [2.45, 2.75) is 0 Å². The minimum absolute atomic E-state index is 0.0250. The number of nitrogens with one attached hydrogen (secondary N) is 1. The predicted octanol–water partition coefficient (Wildman–Crippen LogP) is 2.69. The van der Waals surface area contributed by atoms with Crippen molar-refractivity contribution in [2.24, 2.45) is 0 Å². The SMILES string of the molecule is Nc1cc(C(=O)O)ccc1NC(=O)c1ccc(Br)cc1O. The second-order valence-electron chi connectivity index (χ2n) is 4.22. The first-order chi connectivity index (χ1) is 9.88. The van der Waals surface area contributed by atoms with E-state index in [2.05, 4.69) is 21.2 Å². The van der Waals surface area contributed by atoms with E-state index in [-0.39, 0.29) is 28.3 Å². The summed E-state index contributed by atoms with van der Waals surface area (Å²) in [5.74, 6) is -1.83. The highest BCUT2D eigenvalue weighted by Crippen LogP contribution is 2.25. The molecule has 5 N–H and O–H groups in total. The normalized spacial score (nSPS) is 10.1. The molecule has 0 heterocycles. The highest BCUT2D eigenvalue weighted by molar-refractivity contribution is 9.10. The second-order valence-corrected chi connectivity index (χ2v) is 5.14. The van der Waals surface area contributed by atoms with Gasteiger partial charge in [-0.3, -0.25) is 4.79 Å². The molecular formula is C14H11BrN2O4. The van der Waals surface area contributed by atoms with E-state index in [1.165, 1.54) is 30.3 Å². The summed E-state index contributed by atoms with van der Waals surface area (Å²) in [5.41, 5.74) is 6.20. The molecule has 0 aromatic heterocycles. The molecule has 0 radical (unpaired) electrons. The highest BCUT2D eigenvalue weighted by Gasteiger charge is 2.14. The molecule has 1 amide bonds. The van der Waals surface area contributed by atoms with Crippen molar-refractivity contribution in [2.75, 3.05) is 11.1 Å². The quantitative estimate of drug-likeness (QED) is 0.635. The Hall–Kier alpha value is -2.54. The molecule has 2 rings (SSSR count). The Morgan fingerprint density at radius 2 is 1.86 bits per heavy atom. The molecule has 0 aliphatic carbocycles. The molecule has 0 aliphatic heterocycles. The summed E-state index contributed by atoms with van der Waals surface area (Å²) >= 11 is 3.18. The van der Waals surface area contributed by atoms with Crippen molar-refractivity contribution in [3.05, 3.63) is 52.0 Å². The summed E-state index contributed by atoms with van der Waals surface area (Å²) in [5, 5.41) is 21.1. The number of anilines is 2. The van der Waals surface area contributed by atoms with Crippen LogP contribution in [-0.2, 0) is 0 Å². The van der Waals surface area contributed by atoms with E-state index in [1.807, 2.05) is 0 Å². The Morgan fingerprint density at radius 1 is 1.14 bits per heavy atom. The van der Waals surface area contributed by atoms with E-state index >= 15 is 0 Å². The summed E-state index contributed by atoms with van der Waals surface area (Å²) in [6.45, 7) is 0. The molecule has 6 nitrogen and oxygen atoms in total. The molecule has 0 fully saturated rings. The van der Waals surface area contributed by atoms with Crippen molar-refractivity contribution >= 4 is 39.2 Å². The lowest BCUT2D eigenvalue weighted by atomic mass is 10.1. The van der Waals surface area contributed by atoms with Crippen LogP contribution in [0.3, 0.4) is 0 Å². The lowest BCUT2D eigenvalue weighted by Gasteiger charge is -2.10. The first-order valence-electron chi connectivity index (χ1n) is 5.81. The topological polar surface area (TPSA) is 113 Å². The Morgan fingerprint density at radius 3 is 2.43 bits per heavy atom. The molecular weight excluding hydrogens is 340 g/mol. The largest absolute Gasteiger partial charge is 0.507 e. The van der Waals surface area contributed by atoms with Crippen LogP contribution in [-0.4, -0.2) is 22.1 Å². The van der Waals surface area contributed by atoms with Crippen LogP contribution in [0.1, 0.15) is 20.7 Å². The second kappa shape index (κ2) is 5.84. The number of rotatable bonds is 3. The standard InChI is InChI=1S/C14H11BrN2O4/c15-8-2-3-9(12(18)6-8)13(19)17-11-4-1-7(14(20)21)5-10(11)16/h1-6,18H,16H2,(H,17,19)(H,20,21). The molecule has 0 saturated carbocycles. The molecule has 0 bridgehead atoms. The molecule has 2 aromatic rings. The third kappa shape index (κ3) is 3.32. The monoisotopic (exact) mass is 350 g/mol. The number of hydrogen-bond donors (Lipinski definition) is 4. The smallest absolute Gasteiger partial charge is 0.335 e. The minimum Gasteiger partial charge on any atom is -0.507 e. The first-order valence-corrected chi connectivity index (χ1v) is 6.60. The number of aromatic hydroxyl groups is 1. The number of nitrogens with two attached hydrogens (primary N) is 1. The van der Waals surface area contributed by atoms with Gasteiger partial charge in [-0.05, 0) is 36.4 Å². The number of halogens is 1. The van der Waals surface area contributed by atoms with Gasteiger partial charge in [0, 0.05) is 4.47 Å². The molecule has 108 valence electrons. The molecule has 0 aliphatic rings. The van der Waals surface area contributed by atoms with Crippen LogP contribution in [0.25, 0.3) is 0 Å². The third-order valence-electron chi connectivity index (χ3n) is 2.75. The van der Waals surface area contributed by atoms with Gasteiger partial charge in [0.15, 0.2) is 0 Å². The average Bonchev–Trinajstić information content (AvgIpc) is 2.40. The van der Waals surface area contributed by atoms with Gasteiger partial charge in [-0.1, -0.05) is 15.9 Å². The third-order valence-corrected chi connectivity index (χ3v) is 3.24. The fourth-order valence-corrected chi connectivity index (χ4v) is 2.05. The van der Waals surface area contributed by atoms with Gasteiger partial charge in [0.1, 0.15) is 5.75 Å². The maximum atomic E-state index is 12.1. The molecule has 2 aromatic carbocycles. The van der Waals surface area contributed by atoms with E-state index in [1.54, 1.807) is 6.07 Å². The van der Waals surface area contributed by atoms with Crippen LogP contribution in [0.4, 0.5) is 11.4 Å². The van der Waals surface area contributed by atoms with E-state index in [0.717, 1.165) is 0 Å². The Labute approximate surface area is 128 Å². The van der Waals surface area contributed by atoms with E-state index in [0.29, 0.717) is 4.47 Å². The van der Waals surface area contributed by atoms with Crippen LogP contribution in [0.15, 0.2) is 40.9 Å². The summed E-state index contributed by atoms with van der Waals surface area (Å²) in [7, 11) is 0. The van der Waals surface area contributed by atoms with Crippen LogP contribution >= 0.6 is 15.9 Å². The van der Waals surface area contributed by atoms with Crippen LogP contribution in [0.2, 0.25) is 0 Å². The maximum absolute atomic E-state index is 12.1. The van der Waals surface area contributed by atoms with Crippen molar-refractivity contribution < 1.29 is 19.8 Å². The molecule has 0 atom stereocenters. The van der Waals surface area contributed by atoms with E-state index < -0.39 is 11.9 Å². The van der Waals surface area contributed by atoms with Gasteiger partial charge in [-0.15, -0.1) is 0 Å². The number of benzene rings is 2. The number of carboxylic acids is 1. The molecule has 21 heavy (non-hydrogen) atoms. The number of carbonyl (C=O) groups excluding carboxylic acids is 1. The number of carboxylic acid groups (broad SMARTS) is 1. The van der Waals surface area contributed by atoms with Crippen molar-refractivity contribution in [1.29, 1.82) is 0 Å². The van der Waals surface area contributed by atoms with Gasteiger partial charge in [0.05, 0.1) is 22.5 Å².